The predicted molar refractivity (Wildman–Crippen MR) is 35.8 cm³/mol. The summed E-state index contributed by atoms with van der Waals surface area (Å²) in [4.78, 5) is 0. The van der Waals surface area contributed by atoms with Crippen molar-refractivity contribution in [2.45, 2.75) is 25.5 Å². The topological polar surface area (TPSA) is 72.3 Å². The van der Waals surface area contributed by atoms with Gasteiger partial charge in [-0.25, -0.2) is 0 Å². The summed E-state index contributed by atoms with van der Waals surface area (Å²) in [5.74, 6) is 0. The number of halogens is 1. The Bertz CT molecular complexity index is 54.9. The third kappa shape index (κ3) is 4.32. The Morgan fingerprint density at radius 2 is 2.00 bits per heavy atom. The van der Waals surface area contributed by atoms with Crippen LogP contribution in [-0.2, 0) is 0 Å². The fraction of sp³-hybridized carbons (Fsp3) is 1.00. The molecule has 0 heterocycles. The Labute approximate surface area is 54.4 Å². The van der Waals surface area contributed by atoms with E-state index in [-0.39, 0.29) is 10.7 Å². The van der Waals surface area contributed by atoms with Gasteiger partial charge in [-0.3, -0.25) is 4.70 Å². The number of nitrogens with two attached hydrogens (primary N) is 2. The van der Waals surface area contributed by atoms with Crippen LogP contribution in [0.4, 0.5) is 4.70 Å². The summed E-state index contributed by atoms with van der Waals surface area (Å²) in [7, 11) is 0. The molecular formula is C5H15FN2O. The molecule has 5 N–H and O–H groups in total. The molecule has 0 bridgehead atoms. The molecule has 0 aromatic heterocycles. The summed E-state index contributed by atoms with van der Waals surface area (Å²) in [5, 5.41) is 8.92. The van der Waals surface area contributed by atoms with Gasteiger partial charge >= 0.3 is 0 Å². The number of aliphatic hydroxyl groups excluding tert-OH is 1. The molecule has 0 saturated heterocycles. The molecule has 0 rings (SSSR count). The van der Waals surface area contributed by atoms with Crippen LogP contribution in [-0.4, -0.2) is 23.8 Å². The highest BCUT2D eigenvalue weighted by Gasteiger charge is 2.08. The molecule has 0 fully saturated rings. The van der Waals surface area contributed by atoms with Crippen molar-refractivity contribution in [1.82, 2.24) is 0 Å². The lowest BCUT2D eigenvalue weighted by Crippen LogP contribution is -2.40. The van der Waals surface area contributed by atoms with Gasteiger partial charge in [0.25, 0.3) is 0 Å². The van der Waals surface area contributed by atoms with Crippen LogP contribution in [0.5, 0.6) is 0 Å². The van der Waals surface area contributed by atoms with Crippen LogP contribution >= 0.6 is 0 Å². The lowest BCUT2D eigenvalue weighted by atomic mass is 10.1. The first-order valence-electron chi connectivity index (χ1n) is 2.86. The first kappa shape index (κ1) is 11.6. The minimum Gasteiger partial charge on any atom is -0.391 e. The maximum atomic E-state index is 8.92. The predicted octanol–water partition coefficient (Wildman–Crippen LogP) is -0.804. The van der Waals surface area contributed by atoms with E-state index in [1.165, 1.54) is 0 Å². The van der Waals surface area contributed by atoms with Gasteiger partial charge in [-0.15, -0.1) is 0 Å². The van der Waals surface area contributed by atoms with E-state index >= 15 is 0 Å². The van der Waals surface area contributed by atoms with Crippen LogP contribution in [0.25, 0.3) is 0 Å². The highest BCUT2D eigenvalue weighted by Crippen LogP contribution is 1.91. The Hall–Kier alpha value is -0.190. The summed E-state index contributed by atoms with van der Waals surface area (Å²) >= 11 is 0. The molecule has 0 aromatic rings. The van der Waals surface area contributed by atoms with Gasteiger partial charge in [-0.2, -0.15) is 0 Å². The minimum absolute atomic E-state index is 0. The molecule has 0 aliphatic heterocycles. The van der Waals surface area contributed by atoms with Gasteiger partial charge in [0.2, 0.25) is 0 Å². The van der Waals surface area contributed by atoms with Crippen molar-refractivity contribution in [3.63, 3.8) is 0 Å². The van der Waals surface area contributed by atoms with Gasteiger partial charge < -0.3 is 16.6 Å². The smallest absolute Gasteiger partial charge is 0.0700 e. The van der Waals surface area contributed by atoms with Crippen LogP contribution < -0.4 is 11.5 Å². The third-order valence-corrected chi connectivity index (χ3v) is 1.18. The van der Waals surface area contributed by atoms with Crippen LogP contribution in [0.2, 0.25) is 0 Å². The van der Waals surface area contributed by atoms with E-state index in [1.807, 2.05) is 6.92 Å². The fourth-order valence-electron chi connectivity index (χ4n) is 0.460. The molecule has 4 heteroatoms. The minimum atomic E-state index is -0.431. The van der Waals surface area contributed by atoms with E-state index in [0.717, 1.165) is 0 Å². The Balaban J connectivity index is 0. The zero-order valence-electron chi connectivity index (χ0n) is 5.58. The Kier molecular flexibility index (Phi) is 7.65. The van der Waals surface area contributed by atoms with E-state index < -0.39 is 6.10 Å². The van der Waals surface area contributed by atoms with Crippen molar-refractivity contribution in [3.05, 3.63) is 0 Å². The monoisotopic (exact) mass is 138 g/mol. The standard InChI is InChI=1S/C5H14N2O.FH/c1-2-5(8)4(7)3-6;/h4-5,8H,2-3,6-7H2,1H3;1H. The quantitative estimate of drug-likeness (QED) is 0.478. The Morgan fingerprint density at radius 3 is 2.11 bits per heavy atom. The molecule has 0 radical (unpaired) electrons. The number of hydrogen-bond donors (Lipinski definition) is 3. The maximum Gasteiger partial charge on any atom is 0.0700 e. The summed E-state index contributed by atoms with van der Waals surface area (Å²) in [6.07, 6.45) is 0.248. The van der Waals surface area contributed by atoms with Gasteiger partial charge in [0.1, 0.15) is 0 Å². The number of aliphatic hydroxyl groups is 1. The van der Waals surface area contributed by atoms with Crippen LogP contribution in [0.1, 0.15) is 13.3 Å². The normalized spacial score (nSPS) is 16.0. The second-order valence-corrected chi connectivity index (χ2v) is 1.88. The highest BCUT2D eigenvalue weighted by molar-refractivity contribution is 4.69. The molecule has 0 spiro atoms. The van der Waals surface area contributed by atoms with Gasteiger partial charge in [-0.05, 0) is 6.42 Å². The third-order valence-electron chi connectivity index (χ3n) is 1.18. The molecule has 9 heavy (non-hydrogen) atoms. The zero-order chi connectivity index (χ0) is 6.57. The van der Waals surface area contributed by atoms with E-state index in [4.69, 9.17) is 16.6 Å². The van der Waals surface area contributed by atoms with Crippen molar-refractivity contribution in [2.75, 3.05) is 6.54 Å². The van der Waals surface area contributed by atoms with E-state index in [9.17, 15) is 0 Å². The van der Waals surface area contributed by atoms with Crippen molar-refractivity contribution < 1.29 is 9.81 Å². The molecule has 2 atom stereocenters. The van der Waals surface area contributed by atoms with E-state index in [2.05, 4.69) is 0 Å². The van der Waals surface area contributed by atoms with Crippen molar-refractivity contribution in [3.8, 4) is 0 Å². The fourth-order valence-corrected chi connectivity index (χ4v) is 0.460. The summed E-state index contributed by atoms with van der Waals surface area (Å²) in [6.45, 7) is 2.23. The van der Waals surface area contributed by atoms with Gasteiger partial charge in [0.05, 0.1) is 6.10 Å². The van der Waals surface area contributed by atoms with Crippen LogP contribution in [0, 0.1) is 0 Å². The van der Waals surface area contributed by atoms with E-state index in [0.29, 0.717) is 13.0 Å². The Morgan fingerprint density at radius 1 is 1.56 bits per heavy atom. The van der Waals surface area contributed by atoms with E-state index in [1.54, 1.807) is 0 Å². The lowest BCUT2D eigenvalue weighted by Gasteiger charge is -2.13. The molecule has 0 saturated carbocycles. The summed E-state index contributed by atoms with van der Waals surface area (Å²) < 4.78 is 0. The van der Waals surface area contributed by atoms with Gasteiger partial charge in [0, 0.05) is 12.6 Å². The molecule has 0 aliphatic rings. The molecule has 58 valence electrons. The van der Waals surface area contributed by atoms with Gasteiger partial charge in [-0.1, -0.05) is 6.92 Å². The zero-order valence-corrected chi connectivity index (χ0v) is 5.58. The van der Waals surface area contributed by atoms with Gasteiger partial charge in [0.15, 0.2) is 0 Å². The molecule has 0 aromatic carbocycles. The maximum absolute atomic E-state index is 8.92. The number of hydrogen-bond acceptors (Lipinski definition) is 3. The highest BCUT2D eigenvalue weighted by atomic mass is 19.0. The first-order valence-corrected chi connectivity index (χ1v) is 2.86. The molecule has 2 unspecified atom stereocenters. The largest absolute Gasteiger partial charge is 0.391 e. The second kappa shape index (κ2) is 5.94. The summed E-state index contributed by atoms with van der Waals surface area (Å²) in [6, 6.07) is -0.250. The van der Waals surface area contributed by atoms with Crippen molar-refractivity contribution in [1.29, 1.82) is 0 Å². The average molecular weight is 138 g/mol. The molecule has 0 aliphatic carbocycles. The average Bonchev–Trinajstić information content (AvgIpc) is 1.84. The first-order chi connectivity index (χ1) is 3.72. The summed E-state index contributed by atoms with van der Waals surface area (Å²) in [5.41, 5.74) is 10.5. The van der Waals surface area contributed by atoms with Crippen LogP contribution in [0.3, 0.4) is 0 Å². The lowest BCUT2D eigenvalue weighted by molar-refractivity contribution is 0.143. The number of rotatable bonds is 3. The van der Waals surface area contributed by atoms with Crippen molar-refractivity contribution in [2.24, 2.45) is 11.5 Å². The SMILES string of the molecule is CCC(O)C(N)CN.F. The molecular weight excluding hydrogens is 123 g/mol. The van der Waals surface area contributed by atoms with Crippen LogP contribution in [0.15, 0.2) is 0 Å². The second-order valence-electron chi connectivity index (χ2n) is 1.88. The molecule has 3 nitrogen and oxygen atoms in total. The molecule has 0 amide bonds. The van der Waals surface area contributed by atoms with Crippen molar-refractivity contribution >= 4 is 0 Å².